The van der Waals surface area contributed by atoms with E-state index in [1.807, 2.05) is 18.2 Å². The number of carbonyl (C=O) groups excluding carboxylic acids is 1. The van der Waals surface area contributed by atoms with Crippen LogP contribution in [0.1, 0.15) is 69.1 Å². The average Bonchev–Trinajstić information content (AvgIpc) is 3.16. The first-order valence-electron chi connectivity index (χ1n) is 9.39. The quantitative estimate of drug-likeness (QED) is 0.877. The van der Waals surface area contributed by atoms with Gasteiger partial charge in [-0.05, 0) is 43.9 Å². The van der Waals surface area contributed by atoms with Gasteiger partial charge >= 0.3 is 0 Å². The summed E-state index contributed by atoms with van der Waals surface area (Å²) in [5.41, 5.74) is 0.627. The average molecular weight is 374 g/mol. The molecule has 4 rings (SSSR count). The molecule has 1 aliphatic heterocycles. The lowest BCUT2D eigenvalue weighted by molar-refractivity contribution is -0.123. The Labute approximate surface area is 158 Å². The van der Waals surface area contributed by atoms with Crippen molar-refractivity contribution in [3.05, 3.63) is 46.6 Å². The van der Waals surface area contributed by atoms with Crippen molar-refractivity contribution in [1.82, 2.24) is 15.5 Å². The second-order valence-electron chi connectivity index (χ2n) is 7.91. The molecule has 6 heteroatoms. The number of nitrogens with one attached hydrogen (secondary N) is 1. The van der Waals surface area contributed by atoms with Crippen molar-refractivity contribution in [2.75, 3.05) is 6.54 Å². The molecule has 2 fully saturated rings. The Morgan fingerprint density at radius 1 is 1.19 bits per heavy atom. The van der Waals surface area contributed by atoms with Gasteiger partial charge in [0.05, 0.1) is 10.8 Å². The van der Waals surface area contributed by atoms with Crippen LogP contribution in [-0.2, 0) is 15.6 Å². The van der Waals surface area contributed by atoms with Crippen LogP contribution in [0.5, 0.6) is 0 Å². The van der Waals surface area contributed by atoms with Gasteiger partial charge in [0, 0.05) is 18.0 Å². The largest absolute Gasteiger partial charge is 0.355 e. The van der Waals surface area contributed by atoms with Crippen molar-refractivity contribution < 1.29 is 9.32 Å². The molecule has 0 spiro atoms. The van der Waals surface area contributed by atoms with Crippen LogP contribution in [0.3, 0.4) is 0 Å². The molecule has 1 unspecified atom stereocenters. The predicted octanol–water partition coefficient (Wildman–Crippen LogP) is 4.14. The van der Waals surface area contributed by atoms with Gasteiger partial charge in [-0.25, -0.2) is 0 Å². The summed E-state index contributed by atoms with van der Waals surface area (Å²) in [6, 6.07) is 8.04. The first-order valence-corrected chi connectivity index (χ1v) is 9.77. The molecule has 2 heterocycles. The summed E-state index contributed by atoms with van der Waals surface area (Å²) in [5, 5.41) is 8.07. The fraction of sp³-hybridized carbons (Fsp3) is 0.550. The van der Waals surface area contributed by atoms with Crippen LogP contribution in [0.15, 0.2) is 28.8 Å². The normalized spacial score (nSPS) is 25.7. The fourth-order valence-corrected chi connectivity index (χ4v) is 4.48. The van der Waals surface area contributed by atoms with Gasteiger partial charge in [0.2, 0.25) is 11.8 Å². The van der Waals surface area contributed by atoms with E-state index >= 15 is 0 Å². The smallest absolute Gasteiger partial charge is 0.234 e. The molecule has 1 aliphatic carbocycles. The van der Waals surface area contributed by atoms with E-state index in [2.05, 4.69) is 23.5 Å². The Morgan fingerprint density at radius 3 is 2.69 bits per heavy atom. The lowest BCUT2D eigenvalue weighted by Crippen LogP contribution is -2.44. The van der Waals surface area contributed by atoms with Gasteiger partial charge in [-0.2, -0.15) is 4.98 Å². The molecule has 1 aromatic carbocycles. The highest BCUT2D eigenvalue weighted by molar-refractivity contribution is 6.30. The number of hydrogen-bond donors (Lipinski definition) is 1. The maximum absolute atomic E-state index is 11.5. The molecular weight excluding hydrogens is 350 g/mol. The zero-order chi connectivity index (χ0) is 18.2. The van der Waals surface area contributed by atoms with Gasteiger partial charge in [0.15, 0.2) is 5.82 Å². The number of piperidine rings is 1. The van der Waals surface area contributed by atoms with Crippen molar-refractivity contribution in [2.45, 2.75) is 62.7 Å². The van der Waals surface area contributed by atoms with Gasteiger partial charge in [-0.1, -0.05) is 48.2 Å². The van der Waals surface area contributed by atoms with Crippen LogP contribution in [0.4, 0.5) is 0 Å². The van der Waals surface area contributed by atoms with Crippen LogP contribution in [0.2, 0.25) is 5.02 Å². The first-order chi connectivity index (χ1) is 12.5. The molecule has 1 saturated carbocycles. The maximum atomic E-state index is 11.5. The summed E-state index contributed by atoms with van der Waals surface area (Å²) in [6.07, 6.45) is 6.74. The highest BCUT2D eigenvalue weighted by Crippen LogP contribution is 2.45. The minimum Gasteiger partial charge on any atom is -0.355 e. The number of hydrogen-bond acceptors (Lipinski definition) is 4. The molecule has 0 radical (unpaired) electrons. The molecule has 26 heavy (non-hydrogen) atoms. The highest BCUT2D eigenvalue weighted by atomic mass is 35.5. The summed E-state index contributed by atoms with van der Waals surface area (Å²) in [7, 11) is 0. The Hall–Kier alpha value is -1.88. The number of amides is 1. The van der Waals surface area contributed by atoms with Crippen molar-refractivity contribution in [3.8, 4) is 0 Å². The maximum Gasteiger partial charge on any atom is 0.234 e. The summed E-state index contributed by atoms with van der Waals surface area (Å²) >= 11 is 6.27. The van der Waals surface area contributed by atoms with Gasteiger partial charge in [-0.15, -0.1) is 0 Å². The second kappa shape index (κ2) is 6.69. The fourth-order valence-electron chi connectivity index (χ4n) is 4.29. The van der Waals surface area contributed by atoms with Crippen LogP contribution >= 0.6 is 11.6 Å². The monoisotopic (exact) mass is 373 g/mol. The van der Waals surface area contributed by atoms with E-state index in [0.717, 1.165) is 43.0 Å². The summed E-state index contributed by atoms with van der Waals surface area (Å²) in [6.45, 7) is 2.62. The Bertz CT molecular complexity index is 801. The predicted molar refractivity (Wildman–Crippen MR) is 99.2 cm³/mol. The zero-order valence-corrected chi connectivity index (χ0v) is 15.8. The number of carbonyl (C=O) groups is 1. The van der Waals surface area contributed by atoms with Gasteiger partial charge in [0.25, 0.3) is 0 Å². The first kappa shape index (κ1) is 17.5. The van der Waals surface area contributed by atoms with E-state index in [1.165, 1.54) is 12.0 Å². The molecular formula is C20H24ClN3O2. The highest BCUT2D eigenvalue weighted by Gasteiger charge is 2.43. The molecule has 1 N–H and O–H groups in total. The third kappa shape index (κ3) is 3.02. The number of rotatable bonds is 3. The lowest BCUT2D eigenvalue weighted by atomic mass is 9.69. The zero-order valence-electron chi connectivity index (χ0n) is 15.1. The third-order valence-electron chi connectivity index (χ3n) is 6.03. The minimum atomic E-state index is -0.302. The molecule has 1 saturated heterocycles. The minimum absolute atomic E-state index is 0.0879. The SMILES string of the molecule is CC1(c2nc(C3(c4cccc(Cl)c4)CCCCC3)no2)CCC(=O)NC1. The van der Waals surface area contributed by atoms with Crippen molar-refractivity contribution >= 4 is 17.5 Å². The van der Waals surface area contributed by atoms with Gasteiger partial charge in [-0.3, -0.25) is 4.79 Å². The number of benzene rings is 1. The van der Waals surface area contributed by atoms with Crippen molar-refractivity contribution in [1.29, 1.82) is 0 Å². The van der Waals surface area contributed by atoms with Crippen molar-refractivity contribution in [3.63, 3.8) is 0 Å². The summed E-state index contributed by atoms with van der Waals surface area (Å²) < 4.78 is 5.73. The molecule has 138 valence electrons. The summed E-state index contributed by atoms with van der Waals surface area (Å²) in [4.78, 5) is 16.4. The van der Waals surface area contributed by atoms with Crippen LogP contribution in [-0.4, -0.2) is 22.6 Å². The molecule has 1 atom stereocenters. The van der Waals surface area contributed by atoms with Gasteiger partial charge < -0.3 is 9.84 Å². The third-order valence-corrected chi connectivity index (χ3v) is 6.27. The molecule has 1 aromatic heterocycles. The topological polar surface area (TPSA) is 68.0 Å². The molecule has 5 nitrogen and oxygen atoms in total. The van der Waals surface area contributed by atoms with E-state index in [0.29, 0.717) is 18.9 Å². The Kier molecular flexibility index (Phi) is 4.51. The van der Waals surface area contributed by atoms with Crippen LogP contribution in [0, 0.1) is 0 Å². The Balaban J connectivity index is 1.72. The molecule has 2 aromatic rings. The number of halogens is 1. The van der Waals surface area contributed by atoms with Gasteiger partial charge in [0.1, 0.15) is 0 Å². The van der Waals surface area contributed by atoms with E-state index in [4.69, 9.17) is 21.1 Å². The van der Waals surface area contributed by atoms with Crippen LogP contribution in [0.25, 0.3) is 0 Å². The van der Waals surface area contributed by atoms with E-state index in [9.17, 15) is 4.79 Å². The Morgan fingerprint density at radius 2 is 2.00 bits per heavy atom. The van der Waals surface area contributed by atoms with E-state index in [1.54, 1.807) is 0 Å². The molecule has 1 amide bonds. The second-order valence-corrected chi connectivity index (χ2v) is 8.35. The molecule has 0 bridgehead atoms. The van der Waals surface area contributed by atoms with E-state index < -0.39 is 0 Å². The van der Waals surface area contributed by atoms with E-state index in [-0.39, 0.29) is 16.7 Å². The standard InChI is InChI=1S/C20H24ClN3O2/c1-19(11-8-16(25)22-13-19)18-23-17(24-26-18)20(9-3-2-4-10-20)14-6-5-7-15(21)12-14/h5-7,12H,2-4,8-11,13H2,1H3,(H,22,25). The number of nitrogens with zero attached hydrogens (tertiary/aromatic N) is 2. The molecule has 2 aliphatic rings. The number of aromatic nitrogens is 2. The van der Waals surface area contributed by atoms with Crippen molar-refractivity contribution in [2.24, 2.45) is 0 Å². The van der Waals surface area contributed by atoms with Crippen LogP contribution < -0.4 is 5.32 Å². The lowest BCUT2D eigenvalue weighted by Gasteiger charge is -2.35. The summed E-state index contributed by atoms with van der Waals surface area (Å²) in [5.74, 6) is 1.47.